The molecule has 1 radical (unpaired) electrons. The van der Waals surface area contributed by atoms with Crippen molar-refractivity contribution in [2.45, 2.75) is 0 Å². The molecule has 0 amide bonds. The summed E-state index contributed by atoms with van der Waals surface area (Å²) in [5.74, 6) is 0. The minimum atomic E-state index is 0. The van der Waals surface area contributed by atoms with Crippen LogP contribution in [0.5, 0.6) is 0 Å². The molecule has 11 N–H and O–H groups in total. The van der Waals surface area contributed by atoms with Gasteiger partial charge in [0.2, 0.25) is 0 Å². The number of hydrogen-bond donors (Lipinski definition) is 4. The first-order valence-corrected chi connectivity index (χ1v) is 2.63. The molecule has 0 aliphatic heterocycles. The summed E-state index contributed by atoms with van der Waals surface area (Å²) in [7, 11) is 0. The van der Waals surface area contributed by atoms with E-state index >= 15 is 0 Å². The molecule has 6 heteroatoms. The molecule has 0 aliphatic rings. The Bertz CT molecular complexity index is 25.2. The van der Waals surface area contributed by atoms with Crippen molar-refractivity contribution in [3.63, 3.8) is 0 Å². The molecule has 10 heavy (non-hydrogen) atoms. The second kappa shape index (κ2) is 34.6. The summed E-state index contributed by atoms with van der Waals surface area (Å²) < 4.78 is 0. The standard InChI is InChI=1S/2C2H8N2.Cu.H2O/c2*3-1-2-4;;/h2*1-4H2;;1H2/q;;+2;/p+1. The van der Waals surface area contributed by atoms with Crippen molar-refractivity contribution in [1.29, 1.82) is 0 Å². The molecule has 0 saturated carbocycles. The average molecular weight is 203 g/mol. The van der Waals surface area contributed by atoms with Crippen molar-refractivity contribution in [2.75, 3.05) is 26.2 Å². The van der Waals surface area contributed by atoms with Crippen molar-refractivity contribution in [1.82, 2.24) is 0 Å². The van der Waals surface area contributed by atoms with E-state index in [0.717, 1.165) is 0 Å². The average Bonchev–Trinajstić information content (AvgIpc) is 1.88. The topological polar surface area (TPSA) is 137 Å². The SMILES string of the molecule is NCCN.NCCN.[Cu+2].[OH3+]. The molecule has 0 rings (SSSR count). The van der Waals surface area contributed by atoms with Crippen LogP contribution in [0, 0.1) is 0 Å². The van der Waals surface area contributed by atoms with Crippen LogP contribution in [0.15, 0.2) is 0 Å². The van der Waals surface area contributed by atoms with Crippen LogP contribution in [0.2, 0.25) is 0 Å². The fourth-order valence-electron chi connectivity index (χ4n) is 0. The zero-order valence-corrected chi connectivity index (χ0v) is 6.96. The van der Waals surface area contributed by atoms with Crippen LogP contribution in [-0.2, 0) is 22.5 Å². The first-order valence-electron chi connectivity index (χ1n) is 2.63. The largest absolute Gasteiger partial charge is 2.00 e. The smallest absolute Gasteiger partial charge is 0.457 e. The molecule has 0 aromatic rings. The van der Waals surface area contributed by atoms with Crippen LogP contribution >= 0.6 is 0 Å². The van der Waals surface area contributed by atoms with E-state index in [-0.39, 0.29) is 22.5 Å². The second-order valence-corrected chi connectivity index (χ2v) is 1.15. The number of hydrogen-bond acceptors (Lipinski definition) is 4. The van der Waals surface area contributed by atoms with Crippen LogP contribution in [0.1, 0.15) is 0 Å². The molecule has 0 aromatic heterocycles. The number of rotatable bonds is 2. The Hall–Kier alpha value is 0.319. The monoisotopic (exact) mass is 202 g/mol. The minimum absolute atomic E-state index is 0. The molecule has 0 fully saturated rings. The van der Waals surface area contributed by atoms with Gasteiger partial charge >= 0.3 is 17.1 Å². The molecule has 0 spiro atoms. The van der Waals surface area contributed by atoms with E-state index in [1.165, 1.54) is 0 Å². The van der Waals surface area contributed by atoms with E-state index in [2.05, 4.69) is 0 Å². The van der Waals surface area contributed by atoms with Gasteiger partial charge in [0.25, 0.3) is 0 Å². The molecule has 0 aromatic carbocycles. The predicted molar refractivity (Wildman–Crippen MR) is 41.1 cm³/mol. The molecule has 0 bridgehead atoms. The van der Waals surface area contributed by atoms with E-state index in [9.17, 15) is 0 Å². The predicted octanol–water partition coefficient (Wildman–Crippen LogP) is -3.12. The Labute approximate surface area is 72.3 Å². The normalized spacial score (nSPS) is 6.00. The molecule has 0 unspecified atom stereocenters. The van der Waals surface area contributed by atoms with E-state index in [1.807, 2.05) is 0 Å². The van der Waals surface area contributed by atoms with Gasteiger partial charge in [-0.2, -0.15) is 0 Å². The Morgan fingerprint density at radius 3 is 0.700 bits per heavy atom. The summed E-state index contributed by atoms with van der Waals surface area (Å²) in [6.07, 6.45) is 0. The van der Waals surface area contributed by atoms with Gasteiger partial charge in [-0.3, -0.25) is 0 Å². The first-order chi connectivity index (χ1) is 3.83. The summed E-state index contributed by atoms with van der Waals surface area (Å²) in [5, 5.41) is 0. The van der Waals surface area contributed by atoms with Crippen molar-refractivity contribution >= 4 is 0 Å². The van der Waals surface area contributed by atoms with Gasteiger partial charge < -0.3 is 28.4 Å². The quantitative estimate of drug-likeness (QED) is 0.278. The zero-order valence-electron chi connectivity index (χ0n) is 6.02. The molecular weight excluding hydrogens is 184 g/mol. The van der Waals surface area contributed by atoms with Crippen molar-refractivity contribution in [3.8, 4) is 0 Å². The summed E-state index contributed by atoms with van der Waals surface area (Å²) in [6.45, 7) is 2.39. The van der Waals surface area contributed by atoms with Gasteiger partial charge in [0, 0.05) is 26.2 Å². The van der Waals surface area contributed by atoms with Gasteiger partial charge in [-0.15, -0.1) is 0 Å². The van der Waals surface area contributed by atoms with Crippen LogP contribution in [0.25, 0.3) is 0 Å². The van der Waals surface area contributed by atoms with Crippen LogP contribution < -0.4 is 22.9 Å². The van der Waals surface area contributed by atoms with Gasteiger partial charge in [0.15, 0.2) is 0 Å². The Balaban J connectivity index is -0.0000000300. The molecule has 69 valence electrons. The van der Waals surface area contributed by atoms with Gasteiger partial charge in [-0.05, 0) is 0 Å². The van der Waals surface area contributed by atoms with E-state index in [4.69, 9.17) is 22.9 Å². The fourth-order valence-corrected chi connectivity index (χ4v) is 0. The molecular formula is C4H19CuN4O+3. The van der Waals surface area contributed by atoms with E-state index in [1.54, 1.807) is 0 Å². The number of nitrogens with two attached hydrogens (primary N) is 4. The van der Waals surface area contributed by atoms with Crippen molar-refractivity contribution < 1.29 is 22.5 Å². The molecule has 0 atom stereocenters. The summed E-state index contributed by atoms with van der Waals surface area (Å²) in [4.78, 5) is 0. The van der Waals surface area contributed by atoms with E-state index < -0.39 is 0 Å². The third-order valence-electron chi connectivity index (χ3n) is 0.333. The third-order valence-corrected chi connectivity index (χ3v) is 0.333. The molecule has 0 heterocycles. The Morgan fingerprint density at radius 2 is 0.700 bits per heavy atom. The van der Waals surface area contributed by atoms with Crippen molar-refractivity contribution in [2.24, 2.45) is 22.9 Å². The first kappa shape index (κ1) is 22.4. The fraction of sp³-hybridized carbons (Fsp3) is 1.00. The van der Waals surface area contributed by atoms with Gasteiger partial charge in [0.05, 0.1) is 0 Å². The molecule has 0 aliphatic carbocycles. The van der Waals surface area contributed by atoms with Crippen LogP contribution in [0.3, 0.4) is 0 Å². The zero-order chi connectivity index (χ0) is 6.83. The second-order valence-electron chi connectivity index (χ2n) is 1.15. The Morgan fingerprint density at radius 1 is 0.600 bits per heavy atom. The van der Waals surface area contributed by atoms with E-state index in [0.29, 0.717) is 26.2 Å². The molecule has 0 saturated heterocycles. The minimum Gasteiger partial charge on any atom is -0.457 e. The van der Waals surface area contributed by atoms with Gasteiger partial charge in [0.1, 0.15) is 0 Å². The van der Waals surface area contributed by atoms with Gasteiger partial charge in [-0.25, -0.2) is 0 Å². The van der Waals surface area contributed by atoms with Gasteiger partial charge in [-0.1, -0.05) is 0 Å². The van der Waals surface area contributed by atoms with Crippen LogP contribution in [0.4, 0.5) is 0 Å². The summed E-state index contributed by atoms with van der Waals surface area (Å²) in [6, 6.07) is 0. The van der Waals surface area contributed by atoms with Crippen molar-refractivity contribution in [3.05, 3.63) is 0 Å². The van der Waals surface area contributed by atoms with Crippen LogP contribution in [-0.4, -0.2) is 26.2 Å². The molecule has 5 nitrogen and oxygen atoms in total. The third kappa shape index (κ3) is 82.8. The summed E-state index contributed by atoms with van der Waals surface area (Å²) >= 11 is 0. The Kier molecular flexibility index (Phi) is 77.6. The maximum absolute atomic E-state index is 4.90. The summed E-state index contributed by atoms with van der Waals surface area (Å²) in [5.41, 5.74) is 19.6. The maximum Gasteiger partial charge on any atom is 2.00 e. The maximum atomic E-state index is 4.90.